The summed E-state index contributed by atoms with van der Waals surface area (Å²) in [6, 6.07) is 4.86. The second-order valence-electron chi connectivity index (χ2n) is 8.67. The predicted molar refractivity (Wildman–Crippen MR) is 109 cm³/mol. The summed E-state index contributed by atoms with van der Waals surface area (Å²) in [5.41, 5.74) is 1.35. The summed E-state index contributed by atoms with van der Waals surface area (Å²) < 4.78 is 0. The van der Waals surface area contributed by atoms with Crippen LogP contribution in [0.4, 0.5) is 0 Å². The molecule has 1 aromatic rings. The van der Waals surface area contributed by atoms with Gasteiger partial charge in [0.05, 0.1) is 5.92 Å². The van der Waals surface area contributed by atoms with Crippen molar-refractivity contribution < 1.29 is 4.79 Å². The number of hydrogen-bond donors (Lipinski definition) is 1. The average Bonchev–Trinajstić information content (AvgIpc) is 2.69. The van der Waals surface area contributed by atoms with Crippen molar-refractivity contribution in [1.29, 1.82) is 0 Å². The topological polar surface area (TPSA) is 48.5 Å². The number of amides is 1. The van der Waals surface area contributed by atoms with E-state index in [4.69, 9.17) is 0 Å². The molecule has 1 amide bonds. The molecule has 0 saturated carbocycles. The van der Waals surface area contributed by atoms with E-state index in [1.165, 1.54) is 18.4 Å². The molecule has 27 heavy (non-hydrogen) atoms. The van der Waals surface area contributed by atoms with Crippen molar-refractivity contribution in [3.05, 3.63) is 30.1 Å². The molecule has 3 heterocycles. The van der Waals surface area contributed by atoms with Crippen molar-refractivity contribution in [2.75, 3.05) is 32.7 Å². The molecule has 2 fully saturated rings. The van der Waals surface area contributed by atoms with Crippen LogP contribution in [0.2, 0.25) is 0 Å². The van der Waals surface area contributed by atoms with Crippen LogP contribution in [0.15, 0.2) is 24.5 Å². The van der Waals surface area contributed by atoms with Crippen LogP contribution in [0.5, 0.6) is 0 Å². The maximum atomic E-state index is 12.5. The Kier molecular flexibility index (Phi) is 7.65. The molecule has 1 aromatic heterocycles. The van der Waals surface area contributed by atoms with Crippen molar-refractivity contribution in [3.8, 4) is 0 Å². The molecule has 3 rings (SSSR count). The summed E-state index contributed by atoms with van der Waals surface area (Å²) in [6.45, 7) is 10.7. The molecule has 2 aliphatic heterocycles. The van der Waals surface area contributed by atoms with Crippen LogP contribution in [0.1, 0.15) is 51.5 Å². The van der Waals surface area contributed by atoms with Gasteiger partial charge < -0.3 is 5.32 Å². The zero-order chi connectivity index (χ0) is 19.1. The van der Waals surface area contributed by atoms with E-state index in [1.807, 2.05) is 12.4 Å². The molecule has 0 aliphatic carbocycles. The van der Waals surface area contributed by atoms with E-state index in [0.717, 1.165) is 58.5 Å². The highest BCUT2D eigenvalue weighted by molar-refractivity contribution is 5.78. The smallest absolute Gasteiger partial charge is 0.224 e. The number of aromatic nitrogens is 1. The number of hydrogen-bond acceptors (Lipinski definition) is 4. The van der Waals surface area contributed by atoms with Crippen LogP contribution in [0, 0.1) is 11.8 Å². The van der Waals surface area contributed by atoms with Gasteiger partial charge in [0, 0.05) is 38.1 Å². The third kappa shape index (κ3) is 6.28. The summed E-state index contributed by atoms with van der Waals surface area (Å²) >= 11 is 0. The monoisotopic (exact) mass is 372 g/mol. The number of pyridine rings is 1. The molecular weight excluding hydrogens is 336 g/mol. The standard InChI is InChI=1S/C22H36N4O/c1-18(2)5-12-24-22(27)20-4-3-13-26(17-20)21-8-14-25(15-9-21)16-19-6-10-23-11-7-19/h6-7,10-11,18,20-21H,3-5,8-9,12-17H2,1-2H3,(H,24,27)/t20-/m0/s1. The summed E-state index contributed by atoms with van der Waals surface area (Å²) in [5, 5.41) is 3.16. The summed E-state index contributed by atoms with van der Waals surface area (Å²) in [7, 11) is 0. The van der Waals surface area contributed by atoms with Crippen molar-refractivity contribution in [2.24, 2.45) is 11.8 Å². The predicted octanol–water partition coefficient (Wildman–Crippen LogP) is 2.92. The first-order valence-corrected chi connectivity index (χ1v) is 10.7. The maximum Gasteiger partial charge on any atom is 0.224 e. The summed E-state index contributed by atoms with van der Waals surface area (Å²) in [6.07, 6.45) is 9.45. The minimum Gasteiger partial charge on any atom is -0.356 e. The Balaban J connectivity index is 1.42. The zero-order valence-corrected chi connectivity index (χ0v) is 17.1. The molecule has 5 heteroatoms. The first kappa shape index (κ1) is 20.3. The van der Waals surface area contributed by atoms with Gasteiger partial charge in [-0.2, -0.15) is 0 Å². The number of rotatable bonds is 7. The number of carbonyl (C=O) groups is 1. The van der Waals surface area contributed by atoms with Crippen molar-refractivity contribution >= 4 is 5.91 Å². The molecule has 150 valence electrons. The number of likely N-dealkylation sites (tertiary alicyclic amines) is 2. The fourth-order valence-electron chi connectivity index (χ4n) is 4.37. The minimum absolute atomic E-state index is 0.181. The van der Waals surface area contributed by atoms with Crippen molar-refractivity contribution in [1.82, 2.24) is 20.1 Å². The molecule has 2 saturated heterocycles. The fraction of sp³-hybridized carbons (Fsp3) is 0.727. The number of nitrogens with one attached hydrogen (secondary N) is 1. The van der Waals surface area contributed by atoms with Crippen molar-refractivity contribution in [3.63, 3.8) is 0 Å². The Morgan fingerprint density at radius 2 is 1.93 bits per heavy atom. The van der Waals surface area contributed by atoms with Crippen LogP contribution < -0.4 is 5.32 Å². The van der Waals surface area contributed by atoms with E-state index in [2.05, 4.69) is 46.1 Å². The highest BCUT2D eigenvalue weighted by atomic mass is 16.1. The quantitative estimate of drug-likeness (QED) is 0.799. The van der Waals surface area contributed by atoms with Gasteiger partial charge in [0.15, 0.2) is 0 Å². The van der Waals surface area contributed by atoms with E-state index in [-0.39, 0.29) is 11.8 Å². The molecule has 1 N–H and O–H groups in total. The van der Waals surface area contributed by atoms with E-state index in [1.54, 1.807) is 0 Å². The van der Waals surface area contributed by atoms with E-state index >= 15 is 0 Å². The second kappa shape index (κ2) is 10.2. The lowest BCUT2D eigenvalue weighted by atomic mass is 9.93. The molecule has 0 unspecified atom stereocenters. The Morgan fingerprint density at radius 1 is 1.19 bits per heavy atom. The van der Waals surface area contributed by atoms with Gasteiger partial charge in [-0.25, -0.2) is 0 Å². The summed E-state index contributed by atoms with van der Waals surface area (Å²) in [5.74, 6) is 1.10. The van der Waals surface area contributed by atoms with Gasteiger partial charge in [0.1, 0.15) is 0 Å². The molecule has 0 aromatic carbocycles. The lowest BCUT2D eigenvalue weighted by Gasteiger charge is -2.42. The third-order valence-corrected chi connectivity index (χ3v) is 6.07. The first-order chi connectivity index (χ1) is 13.1. The molecule has 0 bridgehead atoms. The van der Waals surface area contributed by atoms with Gasteiger partial charge in [-0.3, -0.25) is 19.6 Å². The number of carbonyl (C=O) groups excluding carboxylic acids is 1. The average molecular weight is 373 g/mol. The van der Waals surface area contributed by atoms with Gasteiger partial charge in [-0.05, 0) is 75.4 Å². The fourth-order valence-corrected chi connectivity index (χ4v) is 4.37. The molecule has 2 aliphatic rings. The molecule has 0 radical (unpaired) electrons. The molecule has 1 atom stereocenters. The highest BCUT2D eigenvalue weighted by Gasteiger charge is 2.31. The lowest BCUT2D eigenvalue weighted by molar-refractivity contribution is -0.127. The van der Waals surface area contributed by atoms with Gasteiger partial charge >= 0.3 is 0 Å². The lowest BCUT2D eigenvalue weighted by Crippen LogP contribution is -2.50. The maximum absolute atomic E-state index is 12.5. The molecule has 0 spiro atoms. The van der Waals surface area contributed by atoms with Gasteiger partial charge in [-0.1, -0.05) is 13.8 Å². The van der Waals surface area contributed by atoms with Crippen LogP contribution in [-0.4, -0.2) is 59.5 Å². The zero-order valence-electron chi connectivity index (χ0n) is 17.1. The van der Waals surface area contributed by atoms with Gasteiger partial charge in [0.2, 0.25) is 5.91 Å². The Hall–Kier alpha value is -1.46. The first-order valence-electron chi connectivity index (χ1n) is 10.7. The van der Waals surface area contributed by atoms with Crippen molar-refractivity contribution in [2.45, 2.75) is 58.5 Å². The van der Waals surface area contributed by atoms with E-state index < -0.39 is 0 Å². The Morgan fingerprint density at radius 3 is 2.63 bits per heavy atom. The van der Waals surface area contributed by atoms with Crippen LogP contribution in [-0.2, 0) is 11.3 Å². The molecular formula is C22H36N4O. The van der Waals surface area contributed by atoms with Gasteiger partial charge in [0.25, 0.3) is 0 Å². The Bertz CT molecular complexity index is 569. The molecule has 5 nitrogen and oxygen atoms in total. The minimum atomic E-state index is 0.181. The van der Waals surface area contributed by atoms with E-state index in [9.17, 15) is 4.79 Å². The van der Waals surface area contributed by atoms with Gasteiger partial charge in [-0.15, -0.1) is 0 Å². The van der Waals surface area contributed by atoms with Crippen LogP contribution >= 0.6 is 0 Å². The largest absolute Gasteiger partial charge is 0.356 e. The van der Waals surface area contributed by atoms with Crippen LogP contribution in [0.25, 0.3) is 0 Å². The number of piperidine rings is 2. The highest BCUT2D eigenvalue weighted by Crippen LogP contribution is 2.24. The Labute approximate surface area is 164 Å². The van der Waals surface area contributed by atoms with Crippen LogP contribution in [0.3, 0.4) is 0 Å². The number of nitrogens with zero attached hydrogens (tertiary/aromatic N) is 3. The normalized spacial score (nSPS) is 22.9. The third-order valence-electron chi connectivity index (χ3n) is 6.07. The second-order valence-corrected chi connectivity index (χ2v) is 8.67. The van der Waals surface area contributed by atoms with E-state index in [0.29, 0.717) is 12.0 Å². The summed E-state index contributed by atoms with van der Waals surface area (Å²) in [4.78, 5) is 21.8. The SMILES string of the molecule is CC(C)CCNC(=O)[C@H]1CCCN(C2CCN(Cc3ccncc3)CC2)C1.